The first-order valence-corrected chi connectivity index (χ1v) is 5.85. The summed E-state index contributed by atoms with van der Waals surface area (Å²) in [4.78, 5) is 1.95. The number of benzene rings is 1. The molecule has 0 saturated heterocycles. The number of anilines is 1. The van der Waals surface area contributed by atoms with Crippen LogP contribution >= 0.6 is 15.9 Å². The first-order valence-electron chi connectivity index (χ1n) is 5.05. The SMILES string of the molecule is CN(C)CCNc1cc(Br)cc(C(F)(F)F)c1. The maximum absolute atomic E-state index is 12.5. The van der Waals surface area contributed by atoms with E-state index in [4.69, 9.17) is 0 Å². The van der Waals surface area contributed by atoms with Crippen molar-refractivity contribution in [3.63, 3.8) is 0 Å². The van der Waals surface area contributed by atoms with Crippen LogP contribution in [0.3, 0.4) is 0 Å². The van der Waals surface area contributed by atoms with Crippen molar-refractivity contribution in [3.8, 4) is 0 Å². The molecule has 0 spiro atoms. The van der Waals surface area contributed by atoms with E-state index in [0.717, 1.165) is 18.7 Å². The number of likely N-dealkylation sites (N-methyl/N-ethyl adjacent to an activating group) is 1. The molecule has 2 nitrogen and oxygen atoms in total. The predicted octanol–water partition coefficient (Wildman–Crippen LogP) is 3.44. The molecule has 0 heterocycles. The number of alkyl halides is 3. The Morgan fingerprint density at radius 3 is 2.41 bits per heavy atom. The van der Waals surface area contributed by atoms with Crippen LogP contribution in [0, 0.1) is 0 Å². The van der Waals surface area contributed by atoms with Crippen molar-refractivity contribution in [2.24, 2.45) is 0 Å². The van der Waals surface area contributed by atoms with Crippen LogP contribution in [0.5, 0.6) is 0 Å². The van der Waals surface area contributed by atoms with E-state index < -0.39 is 11.7 Å². The van der Waals surface area contributed by atoms with Gasteiger partial charge in [-0.15, -0.1) is 0 Å². The van der Waals surface area contributed by atoms with Crippen LogP contribution in [0.1, 0.15) is 5.56 Å². The lowest BCUT2D eigenvalue weighted by molar-refractivity contribution is -0.137. The van der Waals surface area contributed by atoms with E-state index in [2.05, 4.69) is 21.2 Å². The smallest absolute Gasteiger partial charge is 0.384 e. The van der Waals surface area contributed by atoms with E-state index in [9.17, 15) is 13.2 Å². The lowest BCUT2D eigenvalue weighted by Gasteiger charge is -2.13. The van der Waals surface area contributed by atoms with Gasteiger partial charge in [-0.25, -0.2) is 0 Å². The molecule has 1 aromatic rings. The van der Waals surface area contributed by atoms with Gasteiger partial charge in [0.2, 0.25) is 0 Å². The Hall–Kier alpha value is -0.750. The average Bonchev–Trinajstić information content (AvgIpc) is 2.14. The van der Waals surface area contributed by atoms with Gasteiger partial charge in [-0.2, -0.15) is 13.2 Å². The summed E-state index contributed by atoms with van der Waals surface area (Å²) in [7, 11) is 3.81. The Morgan fingerprint density at radius 2 is 1.88 bits per heavy atom. The van der Waals surface area contributed by atoms with E-state index in [1.165, 1.54) is 0 Å². The molecule has 96 valence electrons. The van der Waals surface area contributed by atoms with E-state index in [0.29, 0.717) is 16.7 Å². The molecule has 17 heavy (non-hydrogen) atoms. The first-order chi connectivity index (χ1) is 7.79. The highest BCUT2D eigenvalue weighted by Gasteiger charge is 2.31. The molecule has 0 fully saturated rings. The summed E-state index contributed by atoms with van der Waals surface area (Å²) >= 11 is 3.08. The van der Waals surface area contributed by atoms with Crippen LogP contribution in [0.2, 0.25) is 0 Å². The third kappa shape index (κ3) is 4.95. The summed E-state index contributed by atoms with van der Waals surface area (Å²) in [6.07, 6.45) is -4.32. The number of halogens is 4. The zero-order valence-electron chi connectivity index (χ0n) is 9.61. The van der Waals surface area contributed by atoms with E-state index in [-0.39, 0.29) is 0 Å². The van der Waals surface area contributed by atoms with Crippen LogP contribution in [0.4, 0.5) is 18.9 Å². The van der Waals surface area contributed by atoms with Gasteiger partial charge in [-0.05, 0) is 32.3 Å². The van der Waals surface area contributed by atoms with Gasteiger partial charge in [0, 0.05) is 23.2 Å². The molecular weight excluding hydrogens is 297 g/mol. The van der Waals surface area contributed by atoms with Crippen molar-refractivity contribution in [3.05, 3.63) is 28.2 Å². The maximum atomic E-state index is 12.5. The van der Waals surface area contributed by atoms with E-state index >= 15 is 0 Å². The first kappa shape index (κ1) is 14.3. The summed E-state index contributed by atoms with van der Waals surface area (Å²) in [5, 5.41) is 2.96. The van der Waals surface area contributed by atoms with Crippen LogP contribution in [-0.2, 0) is 6.18 Å². The Bertz CT molecular complexity index is 377. The molecule has 0 atom stereocenters. The molecule has 1 N–H and O–H groups in total. The molecule has 0 aliphatic heterocycles. The monoisotopic (exact) mass is 310 g/mol. The minimum Gasteiger partial charge on any atom is -0.384 e. The minimum absolute atomic E-state index is 0.416. The fraction of sp³-hybridized carbons (Fsp3) is 0.455. The summed E-state index contributed by atoms with van der Waals surface area (Å²) in [6, 6.07) is 3.81. The Morgan fingerprint density at radius 1 is 1.24 bits per heavy atom. The minimum atomic E-state index is -4.32. The molecule has 0 bridgehead atoms. The second-order valence-electron chi connectivity index (χ2n) is 3.96. The van der Waals surface area contributed by atoms with Gasteiger partial charge in [0.05, 0.1) is 5.56 Å². The zero-order chi connectivity index (χ0) is 13.1. The van der Waals surface area contributed by atoms with Crippen molar-refractivity contribution in [1.82, 2.24) is 4.90 Å². The largest absolute Gasteiger partial charge is 0.416 e. The number of hydrogen-bond acceptors (Lipinski definition) is 2. The highest BCUT2D eigenvalue weighted by atomic mass is 79.9. The van der Waals surface area contributed by atoms with Crippen LogP contribution in [0.15, 0.2) is 22.7 Å². The standard InChI is InChI=1S/C11H14BrF3N2/c1-17(2)4-3-16-10-6-8(11(13,14)15)5-9(12)7-10/h5-7,16H,3-4H2,1-2H3. The molecule has 1 rings (SSSR count). The van der Waals surface area contributed by atoms with Gasteiger partial charge in [0.25, 0.3) is 0 Å². The molecule has 6 heteroatoms. The van der Waals surface area contributed by atoms with Gasteiger partial charge in [0.1, 0.15) is 0 Å². The summed E-state index contributed by atoms with van der Waals surface area (Å²) < 4.78 is 38.0. The average molecular weight is 311 g/mol. The number of nitrogens with zero attached hydrogens (tertiary/aromatic N) is 1. The molecule has 0 unspecified atom stereocenters. The molecule has 0 amide bonds. The lowest BCUT2D eigenvalue weighted by Crippen LogP contribution is -2.21. The van der Waals surface area contributed by atoms with Crippen molar-refractivity contribution in [2.75, 3.05) is 32.5 Å². The quantitative estimate of drug-likeness (QED) is 0.916. The van der Waals surface area contributed by atoms with Gasteiger partial charge >= 0.3 is 6.18 Å². The zero-order valence-corrected chi connectivity index (χ0v) is 11.2. The van der Waals surface area contributed by atoms with Gasteiger partial charge in [-0.3, -0.25) is 0 Å². The van der Waals surface area contributed by atoms with Gasteiger partial charge in [-0.1, -0.05) is 15.9 Å². The van der Waals surface area contributed by atoms with E-state index in [1.807, 2.05) is 19.0 Å². The topological polar surface area (TPSA) is 15.3 Å². The third-order valence-corrected chi connectivity index (χ3v) is 2.57. The van der Waals surface area contributed by atoms with Crippen molar-refractivity contribution >= 4 is 21.6 Å². The molecule has 0 radical (unpaired) electrons. The number of rotatable bonds is 4. The lowest BCUT2D eigenvalue weighted by atomic mass is 10.2. The third-order valence-electron chi connectivity index (χ3n) is 2.11. The summed E-state index contributed by atoms with van der Waals surface area (Å²) in [5.74, 6) is 0. The Labute approximate surface area is 107 Å². The van der Waals surface area contributed by atoms with Crippen LogP contribution in [0.25, 0.3) is 0 Å². The fourth-order valence-electron chi connectivity index (χ4n) is 1.28. The summed E-state index contributed by atoms with van der Waals surface area (Å²) in [6.45, 7) is 1.36. The van der Waals surface area contributed by atoms with Gasteiger partial charge < -0.3 is 10.2 Å². The fourth-order valence-corrected chi connectivity index (χ4v) is 1.77. The Balaban J connectivity index is 2.76. The van der Waals surface area contributed by atoms with Crippen molar-refractivity contribution < 1.29 is 13.2 Å². The second kappa shape index (κ2) is 5.73. The molecule has 0 aliphatic rings. The highest BCUT2D eigenvalue weighted by molar-refractivity contribution is 9.10. The molecular formula is C11H14BrF3N2. The molecule has 0 saturated carbocycles. The second-order valence-corrected chi connectivity index (χ2v) is 4.87. The van der Waals surface area contributed by atoms with E-state index in [1.54, 1.807) is 6.07 Å². The van der Waals surface area contributed by atoms with Crippen molar-refractivity contribution in [2.45, 2.75) is 6.18 Å². The molecule has 0 aliphatic carbocycles. The normalized spacial score (nSPS) is 11.9. The molecule has 0 aromatic heterocycles. The van der Waals surface area contributed by atoms with Crippen molar-refractivity contribution in [1.29, 1.82) is 0 Å². The maximum Gasteiger partial charge on any atom is 0.416 e. The highest BCUT2D eigenvalue weighted by Crippen LogP contribution is 2.33. The molecule has 1 aromatic carbocycles. The predicted molar refractivity (Wildman–Crippen MR) is 66.2 cm³/mol. The Kier molecular flexibility index (Phi) is 4.82. The summed E-state index contributed by atoms with van der Waals surface area (Å²) in [5.41, 5.74) is -0.187. The van der Waals surface area contributed by atoms with Crippen LogP contribution < -0.4 is 5.32 Å². The number of nitrogens with one attached hydrogen (secondary N) is 1. The number of hydrogen-bond donors (Lipinski definition) is 1. The van der Waals surface area contributed by atoms with Gasteiger partial charge in [0.15, 0.2) is 0 Å². The van der Waals surface area contributed by atoms with Crippen LogP contribution in [-0.4, -0.2) is 32.1 Å².